The Morgan fingerprint density at radius 3 is 1.52 bits per heavy atom. The van der Waals surface area contributed by atoms with Gasteiger partial charge in [0.15, 0.2) is 0 Å². The summed E-state index contributed by atoms with van der Waals surface area (Å²) in [7, 11) is 0. The molecule has 0 atom stereocenters. The van der Waals surface area contributed by atoms with Crippen LogP contribution < -0.4 is 21.7 Å². The number of nitrogens with two attached hydrogens (primary N) is 2. The molecule has 0 aliphatic rings. The zero-order valence-corrected chi connectivity index (χ0v) is 12.4. The maximum Gasteiger partial charge on any atom is 0.0718 e. The molecule has 0 aliphatic heterocycles. The fraction of sp³-hybridized carbons (Fsp3) is 0.176. The first-order valence-electron chi connectivity index (χ1n) is 7.08. The number of carbonyl (C=O) groups excluding carboxylic acids is 2. The summed E-state index contributed by atoms with van der Waals surface area (Å²) in [5, 5.41) is 22.2. The second-order valence-electron chi connectivity index (χ2n) is 5.26. The number of benzene rings is 2. The summed E-state index contributed by atoms with van der Waals surface area (Å²) >= 11 is 0. The molecule has 2 aromatic rings. The number of hydrogen-bond acceptors (Lipinski definition) is 6. The van der Waals surface area contributed by atoms with E-state index >= 15 is 0 Å². The second kappa shape index (κ2) is 6.83. The number of anilines is 2. The normalized spacial score (nSPS) is 10.4. The molecular weight excluding hydrogens is 296 g/mol. The Kier molecular flexibility index (Phi) is 4.85. The highest BCUT2D eigenvalue weighted by Gasteiger charge is 2.07. The van der Waals surface area contributed by atoms with Gasteiger partial charge in [-0.3, -0.25) is 0 Å². The lowest BCUT2D eigenvalue weighted by Gasteiger charge is -2.13. The van der Waals surface area contributed by atoms with Crippen molar-refractivity contribution in [2.45, 2.75) is 19.3 Å². The van der Waals surface area contributed by atoms with Gasteiger partial charge in [-0.1, -0.05) is 12.1 Å². The Morgan fingerprint density at radius 2 is 1.17 bits per heavy atom. The van der Waals surface area contributed by atoms with Crippen molar-refractivity contribution >= 4 is 23.3 Å². The Hall–Kier alpha value is -3.02. The summed E-state index contributed by atoms with van der Waals surface area (Å²) in [5.41, 5.74) is 13.6. The van der Waals surface area contributed by atoms with Crippen LogP contribution in [0.3, 0.4) is 0 Å². The van der Waals surface area contributed by atoms with E-state index in [1.165, 1.54) is 24.3 Å². The highest BCUT2D eigenvalue weighted by molar-refractivity contribution is 5.89. The molecule has 0 fully saturated rings. The van der Waals surface area contributed by atoms with Crippen LogP contribution in [0.25, 0.3) is 0 Å². The third-order valence-electron chi connectivity index (χ3n) is 3.59. The molecule has 120 valence electrons. The van der Waals surface area contributed by atoms with Crippen molar-refractivity contribution in [2.75, 3.05) is 11.5 Å². The van der Waals surface area contributed by atoms with Crippen LogP contribution in [0.15, 0.2) is 36.4 Å². The monoisotopic (exact) mass is 312 g/mol. The molecule has 0 saturated carbocycles. The van der Waals surface area contributed by atoms with Crippen molar-refractivity contribution in [3.8, 4) is 0 Å². The molecule has 0 unspecified atom stereocenters. The summed E-state index contributed by atoms with van der Waals surface area (Å²) < 4.78 is 0. The summed E-state index contributed by atoms with van der Waals surface area (Å²) in [6.07, 6.45) is 1.39. The van der Waals surface area contributed by atoms with E-state index in [1.54, 1.807) is 12.1 Å². The van der Waals surface area contributed by atoms with Gasteiger partial charge in [-0.05, 0) is 54.7 Å². The number of carboxylic acid groups (broad SMARTS) is 2. The predicted molar refractivity (Wildman–Crippen MR) is 82.4 cm³/mol. The predicted octanol–water partition coefficient (Wildman–Crippen LogP) is -0.247. The van der Waals surface area contributed by atoms with Crippen LogP contribution in [0.5, 0.6) is 0 Å². The van der Waals surface area contributed by atoms with E-state index in [0.717, 1.165) is 0 Å². The fourth-order valence-corrected chi connectivity index (χ4v) is 2.51. The highest BCUT2D eigenvalue weighted by Crippen LogP contribution is 2.19. The van der Waals surface area contributed by atoms with Crippen LogP contribution in [-0.4, -0.2) is 11.9 Å². The molecule has 0 aliphatic carbocycles. The van der Waals surface area contributed by atoms with E-state index in [4.69, 9.17) is 11.5 Å². The zero-order chi connectivity index (χ0) is 17.0. The second-order valence-corrected chi connectivity index (χ2v) is 5.26. The van der Waals surface area contributed by atoms with E-state index in [-0.39, 0.29) is 11.1 Å². The smallest absolute Gasteiger partial charge is 0.0718 e. The third kappa shape index (κ3) is 4.00. The van der Waals surface area contributed by atoms with E-state index in [9.17, 15) is 19.8 Å². The van der Waals surface area contributed by atoms with Gasteiger partial charge in [0.25, 0.3) is 0 Å². The Balaban J connectivity index is 2.15. The van der Waals surface area contributed by atoms with Gasteiger partial charge in [0.2, 0.25) is 0 Å². The maximum atomic E-state index is 11.1. The lowest BCUT2D eigenvalue weighted by Crippen LogP contribution is -2.24. The number of rotatable bonds is 6. The van der Waals surface area contributed by atoms with Crippen LogP contribution in [0, 0.1) is 0 Å². The Morgan fingerprint density at radius 1 is 0.783 bits per heavy atom. The quantitative estimate of drug-likeness (QED) is 0.707. The average molecular weight is 312 g/mol. The van der Waals surface area contributed by atoms with Crippen molar-refractivity contribution in [3.05, 3.63) is 58.7 Å². The molecule has 0 radical (unpaired) electrons. The van der Waals surface area contributed by atoms with Crippen molar-refractivity contribution in [1.82, 2.24) is 0 Å². The van der Waals surface area contributed by atoms with Crippen molar-refractivity contribution in [2.24, 2.45) is 0 Å². The summed E-state index contributed by atoms with van der Waals surface area (Å²) in [6.45, 7) is 0. The summed E-state index contributed by atoms with van der Waals surface area (Å²) in [6, 6.07) is 9.00. The van der Waals surface area contributed by atoms with Crippen LogP contribution in [0.2, 0.25) is 0 Å². The molecule has 0 heterocycles. The standard InChI is InChI=1S/C17H18N2O4/c18-12-4-6-14(16(20)21)10(8-12)2-1-3-11-9-13(19)5-7-15(11)17(22)23/h4-9H,1-3,18-19H2,(H,20,21)(H,22,23)/p-2. The molecule has 6 heteroatoms. The SMILES string of the molecule is Nc1ccc(C(=O)[O-])c(CCCc2cc(N)ccc2C(=O)[O-])c1. The highest BCUT2D eigenvalue weighted by atomic mass is 16.4. The minimum absolute atomic E-state index is 0.0897. The average Bonchev–Trinajstić information content (AvgIpc) is 2.46. The first kappa shape index (κ1) is 16.4. The summed E-state index contributed by atoms with van der Waals surface area (Å²) in [5.74, 6) is -2.53. The lowest BCUT2D eigenvalue weighted by atomic mass is 9.97. The topological polar surface area (TPSA) is 132 Å². The van der Waals surface area contributed by atoms with Crippen LogP contribution in [0.1, 0.15) is 38.3 Å². The fourth-order valence-electron chi connectivity index (χ4n) is 2.51. The van der Waals surface area contributed by atoms with Gasteiger partial charge in [0, 0.05) is 22.5 Å². The van der Waals surface area contributed by atoms with Crippen LogP contribution in [-0.2, 0) is 12.8 Å². The third-order valence-corrected chi connectivity index (χ3v) is 3.59. The van der Waals surface area contributed by atoms with Crippen LogP contribution >= 0.6 is 0 Å². The van der Waals surface area contributed by atoms with Gasteiger partial charge >= 0.3 is 0 Å². The summed E-state index contributed by atoms with van der Waals surface area (Å²) in [4.78, 5) is 22.2. The molecule has 0 amide bonds. The van der Waals surface area contributed by atoms with E-state index in [0.29, 0.717) is 41.8 Å². The molecule has 23 heavy (non-hydrogen) atoms. The van der Waals surface area contributed by atoms with Crippen molar-refractivity contribution < 1.29 is 19.8 Å². The molecule has 0 bridgehead atoms. The number of aryl methyl sites for hydroxylation is 2. The molecule has 2 rings (SSSR count). The Labute approximate surface area is 133 Å². The molecule has 0 spiro atoms. The van der Waals surface area contributed by atoms with E-state index in [1.807, 2.05) is 0 Å². The molecular formula is C17H16N2O4-2. The Bertz CT molecular complexity index is 693. The van der Waals surface area contributed by atoms with Gasteiger partial charge in [-0.15, -0.1) is 0 Å². The number of carboxylic acids is 2. The maximum absolute atomic E-state index is 11.1. The van der Waals surface area contributed by atoms with Crippen molar-refractivity contribution in [1.29, 1.82) is 0 Å². The number of carbonyl (C=O) groups is 2. The van der Waals surface area contributed by atoms with Gasteiger partial charge in [-0.2, -0.15) is 0 Å². The van der Waals surface area contributed by atoms with E-state index in [2.05, 4.69) is 0 Å². The first-order chi connectivity index (χ1) is 10.9. The van der Waals surface area contributed by atoms with Gasteiger partial charge in [-0.25, -0.2) is 0 Å². The van der Waals surface area contributed by atoms with Gasteiger partial charge in [0.1, 0.15) is 0 Å². The number of nitrogen functional groups attached to an aromatic ring is 2. The molecule has 0 saturated heterocycles. The first-order valence-corrected chi connectivity index (χ1v) is 7.08. The minimum Gasteiger partial charge on any atom is -0.545 e. The van der Waals surface area contributed by atoms with Crippen molar-refractivity contribution in [3.63, 3.8) is 0 Å². The zero-order valence-electron chi connectivity index (χ0n) is 12.4. The molecule has 4 N–H and O–H groups in total. The lowest BCUT2D eigenvalue weighted by molar-refractivity contribution is -0.256. The van der Waals surface area contributed by atoms with Gasteiger partial charge < -0.3 is 31.3 Å². The number of hydrogen-bond donors (Lipinski definition) is 2. The molecule has 2 aromatic carbocycles. The van der Waals surface area contributed by atoms with Gasteiger partial charge in [0.05, 0.1) is 11.9 Å². The molecule has 6 nitrogen and oxygen atoms in total. The minimum atomic E-state index is -1.26. The number of aromatic carboxylic acids is 2. The largest absolute Gasteiger partial charge is 0.545 e. The van der Waals surface area contributed by atoms with Crippen LogP contribution in [0.4, 0.5) is 11.4 Å². The molecule has 0 aromatic heterocycles. The van der Waals surface area contributed by atoms with E-state index < -0.39 is 11.9 Å².